The molecule has 1 saturated heterocycles. The van der Waals surface area contributed by atoms with E-state index in [0.29, 0.717) is 19.0 Å². The second kappa shape index (κ2) is 9.78. The van der Waals surface area contributed by atoms with Crippen LogP contribution in [0.1, 0.15) is 6.92 Å². The monoisotopic (exact) mass is 454 g/mol. The summed E-state index contributed by atoms with van der Waals surface area (Å²) in [5, 5.41) is 2.40. The number of ether oxygens (including phenoxy) is 2. The van der Waals surface area contributed by atoms with Gasteiger partial charge in [-0.3, -0.25) is 4.79 Å². The number of hydrogen-bond donors (Lipinski definition) is 1. The van der Waals surface area contributed by atoms with E-state index in [1.54, 1.807) is 13.2 Å². The molecule has 0 aliphatic carbocycles. The van der Waals surface area contributed by atoms with Gasteiger partial charge in [-0.25, -0.2) is 12.8 Å². The highest BCUT2D eigenvalue weighted by atomic mass is 32.2. The molecule has 2 aromatic rings. The lowest BCUT2D eigenvalue weighted by molar-refractivity contribution is -0.115. The van der Waals surface area contributed by atoms with Crippen molar-refractivity contribution in [1.29, 1.82) is 0 Å². The Kier molecular flexibility index (Phi) is 7.35. The van der Waals surface area contributed by atoms with Crippen molar-refractivity contribution in [3.05, 3.63) is 48.3 Å². The van der Waals surface area contributed by atoms with E-state index in [4.69, 9.17) is 9.47 Å². The largest absolute Gasteiger partial charge is 0.455 e. The Bertz CT molecular complexity index is 993. The lowest BCUT2D eigenvalue weighted by Gasteiger charge is -2.26. The number of morpholine rings is 1. The van der Waals surface area contributed by atoms with E-state index in [1.807, 2.05) is 0 Å². The van der Waals surface area contributed by atoms with Gasteiger partial charge in [0.15, 0.2) is 5.75 Å². The Labute approximate surface area is 179 Å². The fourth-order valence-electron chi connectivity index (χ4n) is 2.76. The fraction of sp³-hybridized carbons (Fsp3) is 0.350. The van der Waals surface area contributed by atoms with Gasteiger partial charge < -0.3 is 14.8 Å². The molecule has 0 saturated carbocycles. The number of nitrogens with zero attached hydrogens (tertiary/aromatic N) is 1. The Balaban J connectivity index is 1.95. The van der Waals surface area contributed by atoms with Crippen LogP contribution in [0.3, 0.4) is 0 Å². The van der Waals surface area contributed by atoms with E-state index in [-0.39, 0.29) is 40.6 Å². The number of nitrogens with one attached hydrogen (secondary N) is 1. The van der Waals surface area contributed by atoms with Crippen LogP contribution in [-0.2, 0) is 19.6 Å². The van der Waals surface area contributed by atoms with E-state index >= 15 is 0 Å². The number of carbonyl (C=O) groups is 1. The second-order valence-electron chi connectivity index (χ2n) is 6.60. The van der Waals surface area contributed by atoms with E-state index in [1.165, 1.54) is 58.5 Å². The van der Waals surface area contributed by atoms with Crippen molar-refractivity contribution in [3.63, 3.8) is 0 Å². The molecule has 1 amide bonds. The molecule has 0 radical (unpaired) electrons. The number of thioether (sulfide) groups is 1. The Morgan fingerprint density at radius 2 is 1.87 bits per heavy atom. The summed E-state index contributed by atoms with van der Waals surface area (Å²) in [5.74, 6) is -0.0817. The van der Waals surface area contributed by atoms with Crippen LogP contribution in [0, 0.1) is 5.82 Å². The van der Waals surface area contributed by atoms with Crippen molar-refractivity contribution in [2.75, 3.05) is 37.9 Å². The Hall–Kier alpha value is -2.14. The molecule has 162 valence electrons. The van der Waals surface area contributed by atoms with Crippen molar-refractivity contribution >= 4 is 33.4 Å². The molecule has 3 rings (SSSR count). The van der Waals surface area contributed by atoms with E-state index in [2.05, 4.69) is 5.32 Å². The third-order valence-electron chi connectivity index (χ3n) is 4.58. The third kappa shape index (κ3) is 5.31. The van der Waals surface area contributed by atoms with Gasteiger partial charge in [0.1, 0.15) is 11.6 Å². The minimum atomic E-state index is -3.75. The summed E-state index contributed by atoms with van der Waals surface area (Å²) in [5.41, 5.74) is 0.222. The maximum absolute atomic E-state index is 13.2. The fourth-order valence-corrected chi connectivity index (χ4v) is 4.47. The number of hydrogen-bond acceptors (Lipinski definition) is 6. The summed E-state index contributed by atoms with van der Waals surface area (Å²) in [6, 6.07) is 9.69. The molecule has 1 aliphatic rings. The molecule has 0 aromatic heterocycles. The molecule has 1 unspecified atom stereocenters. The summed E-state index contributed by atoms with van der Waals surface area (Å²) in [4.78, 5) is 12.5. The molecule has 0 spiro atoms. The van der Waals surface area contributed by atoms with Crippen LogP contribution in [0.2, 0.25) is 0 Å². The van der Waals surface area contributed by atoms with Gasteiger partial charge >= 0.3 is 0 Å². The van der Waals surface area contributed by atoms with Crippen LogP contribution in [0.15, 0.2) is 47.4 Å². The smallest absolute Gasteiger partial charge is 0.243 e. The highest BCUT2D eigenvalue weighted by Crippen LogP contribution is 2.33. The van der Waals surface area contributed by atoms with Gasteiger partial charge in [0.05, 0.1) is 29.0 Å². The first-order valence-corrected chi connectivity index (χ1v) is 12.0. The van der Waals surface area contributed by atoms with Crippen LogP contribution >= 0.6 is 11.8 Å². The number of rotatable bonds is 7. The molecule has 10 heteroatoms. The number of benzene rings is 2. The topological polar surface area (TPSA) is 84.9 Å². The van der Waals surface area contributed by atoms with E-state index < -0.39 is 15.8 Å². The minimum Gasteiger partial charge on any atom is -0.455 e. The maximum atomic E-state index is 13.2. The lowest BCUT2D eigenvalue weighted by Crippen LogP contribution is -2.40. The summed E-state index contributed by atoms with van der Waals surface area (Å²) in [7, 11) is -3.75. The molecule has 1 N–H and O–H groups in total. The molecule has 1 aliphatic heterocycles. The zero-order chi connectivity index (χ0) is 21.7. The van der Waals surface area contributed by atoms with Crippen LogP contribution in [0.4, 0.5) is 10.1 Å². The molecular weight excluding hydrogens is 431 g/mol. The number of sulfonamides is 1. The molecule has 7 nitrogen and oxygen atoms in total. The van der Waals surface area contributed by atoms with Gasteiger partial charge in [0.25, 0.3) is 0 Å². The number of halogens is 1. The minimum absolute atomic E-state index is 0.0444. The lowest BCUT2D eigenvalue weighted by atomic mass is 10.2. The Morgan fingerprint density at radius 3 is 2.50 bits per heavy atom. The van der Waals surface area contributed by atoms with Crippen molar-refractivity contribution < 1.29 is 27.1 Å². The molecule has 1 heterocycles. The van der Waals surface area contributed by atoms with Crippen molar-refractivity contribution in [2.45, 2.75) is 17.1 Å². The zero-order valence-corrected chi connectivity index (χ0v) is 18.3. The van der Waals surface area contributed by atoms with Crippen LogP contribution < -0.4 is 10.1 Å². The number of anilines is 1. The first-order valence-electron chi connectivity index (χ1n) is 9.30. The van der Waals surface area contributed by atoms with Gasteiger partial charge in [-0.1, -0.05) is 0 Å². The molecule has 1 atom stereocenters. The summed E-state index contributed by atoms with van der Waals surface area (Å²) in [6.45, 7) is 2.94. The first kappa shape index (κ1) is 22.5. The zero-order valence-electron chi connectivity index (χ0n) is 16.6. The van der Waals surface area contributed by atoms with Gasteiger partial charge in [0, 0.05) is 13.1 Å². The second-order valence-corrected chi connectivity index (χ2v) is 9.71. The van der Waals surface area contributed by atoms with Crippen LogP contribution in [0.25, 0.3) is 0 Å². The van der Waals surface area contributed by atoms with Gasteiger partial charge in [-0.15, -0.1) is 0 Å². The van der Waals surface area contributed by atoms with Gasteiger partial charge in [0.2, 0.25) is 15.9 Å². The summed E-state index contributed by atoms with van der Waals surface area (Å²) >= 11 is 1.36. The molecule has 1 fully saturated rings. The van der Waals surface area contributed by atoms with Gasteiger partial charge in [-0.05, 0) is 55.6 Å². The predicted molar refractivity (Wildman–Crippen MR) is 114 cm³/mol. The SMILES string of the molecule is CSC(C)C(=O)Nc1cc(S(=O)(=O)N2CCOCC2)ccc1Oc1ccc(F)cc1. The summed E-state index contributed by atoms with van der Waals surface area (Å²) in [6.07, 6.45) is 1.81. The van der Waals surface area contributed by atoms with E-state index in [9.17, 15) is 17.6 Å². The predicted octanol–water partition coefficient (Wildman–Crippen LogP) is 3.33. The van der Waals surface area contributed by atoms with Crippen molar-refractivity contribution in [1.82, 2.24) is 4.31 Å². The highest BCUT2D eigenvalue weighted by Gasteiger charge is 2.27. The molecule has 0 bridgehead atoms. The average molecular weight is 455 g/mol. The first-order chi connectivity index (χ1) is 14.3. The highest BCUT2D eigenvalue weighted by molar-refractivity contribution is 7.99. The molecular formula is C20H23FN2O5S2. The quantitative estimate of drug-likeness (QED) is 0.691. The standard InChI is InChI=1S/C20H23FN2O5S2/c1-14(29-2)20(24)22-18-13-17(30(25,26)23-9-11-27-12-10-23)7-8-19(18)28-16-5-3-15(21)4-6-16/h3-8,13-14H,9-12H2,1-2H3,(H,22,24). The van der Waals surface area contributed by atoms with Crippen LogP contribution in [-0.4, -0.2) is 56.4 Å². The molecule has 30 heavy (non-hydrogen) atoms. The maximum Gasteiger partial charge on any atom is 0.243 e. The summed E-state index contributed by atoms with van der Waals surface area (Å²) < 4.78 is 51.5. The third-order valence-corrected chi connectivity index (χ3v) is 7.40. The normalized spacial score (nSPS) is 16.1. The van der Waals surface area contributed by atoms with Crippen molar-refractivity contribution in [2.24, 2.45) is 0 Å². The average Bonchev–Trinajstić information content (AvgIpc) is 2.76. The molecule has 2 aromatic carbocycles. The number of amides is 1. The van der Waals surface area contributed by atoms with E-state index in [0.717, 1.165) is 0 Å². The number of carbonyl (C=O) groups excluding carboxylic acids is 1. The van der Waals surface area contributed by atoms with Crippen molar-refractivity contribution in [3.8, 4) is 11.5 Å². The van der Waals surface area contributed by atoms with Gasteiger partial charge in [-0.2, -0.15) is 16.1 Å². The Morgan fingerprint density at radius 1 is 1.20 bits per heavy atom. The van der Waals surface area contributed by atoms with Crippen LogP contribution in [0.5, 0.6) is 11.5 Å².